The van der Waals surface area contributed by atoms with Crippen LogP contribution in [0.1, 0.15) is 33.1 Å². The van der Waals surface area contributed by atoms with Crippen molar-refractivity contribution < 1.29 is 13.2 Å². The maximum atomic E-state index is 11.7. The molecule has 6 heteroatoms. The highest BCUT2D eigenvalue weighted by atomic mass is 32.2. The van der Waals surface area contributed by atoms with Gasteiger partial charge in [-0.15, -0.1) is 0 Å². The Morgan fingerprint density at radius 3 is 2.47 bits per heavy atom. The maximum Gasteiger partial charge on any atom is 0.153 e. The van der Waals surface area contributed by atoms with Crippen LogP contribution in [0.4, 0.5) is 0 Å². The van der Waals surface area contributed by atoms with Crippen LogP contribution in [-0.2, 0) is 14.6 Å². The second-order valence-corrected chi connectivity index (χ2v) is 8.15. The first-order chi connectivity index (χ1) is 8.95. The normalized spacial score (nSPS) is 19.2. The van der Waals surface area contributed by atoms with E-state index < -0.39 is 9.84 Å². The van der Waals surface area contributed by atoms with Crippen LogP contribution in [0, 0.1) is 0 Å². The molecule has 19 heavy (non-hydrogen) atoms. The summed E-state index contributed by atoms with van der Waals surface area (Å²) in [4.78, 5) is 2.22. The summed E-state index contributed by atoms with van der Waals surface area (Å²) in [7, 11) is -2.92. The molecule has 1 fully saturated rings. The fourth-order valence-electron chi connectivity index (χ4n) is 2.12. The minimum atomic E-state index is -2.92. The number of nitrogens with two attached hydrogens (primary N) is 1. The summed E-state index contributed by atoms with van der Waals surface area (Å²) in [5.74, 6) is 0.267. The number of sulfone groups is 1. The standard InChI is InChI=1S/C13H28N2O3S/c1-12(2)19(16,17)11-9-15-7-4-13(5-8-15)18-10-3-6-14/h12-13H,3-11,14H2,1-2H3. The maximum absolute atomic E-state index is 11.7. The third-order valence-electron chi connectivity index (χ3n) is 3.65. The van der Waals surface area contributed by atoms with Crippen LogP contribution in [0.3, 0.4) is 0 Å². The average Bonchev–Trinajstić information content (AvgIpc) is 2.38. The van der Waals surface area contributed by atoms with Crippen LogP contribution in [0.2, 0.25) is 0 Å². The molecule has 1 aliphatic rings. The van der Waals surface area contributed by atoms with Gasteiger partial charge in [-0.25, -0.2) is 8.42 Å². The van der Waals surface area contributed by atoms with Crippen molar-refractivity contribution in [3.05, 3.63) is 0 Å². The number of nitrogens with zero attached hydrogens (tertiary/aromatic N) is 1. The summed E-state index contributed by atoms with van der Waals surface area (Å²) < 4.78 is 29.2. The summed E-state index contributed by atoms with van der Waals surface area (Å²) >= 11 is 0. The Bertz CT molecular complexity index is 336. The lowest BCUT2D eigenvalue weighted by atomic mass is 10.1. The smallest absolute Gasteiger partial charge is 0.153 e. The fraction of sp³-hybridized carbons (Fsp3) is 1.00. The zero-order chi connectivity index (χ0) is 14.3. The number of ether oxygens (including phenoxy) is 1. The van der Waals surface area contributed by atoms with Crippen molar-refractivity contribution in [1.29, 1.82) is 0 Å². The van der Waals surface area contributed by atoms with Gasteiger partial charge in [0.25, 0.3) is 0 Å². The summed E-state index contributed by atoms with van der Waals surface area (Å²) in [6.07, 6.45) is 3.22. The van der Waals surface area contributed by atoms with Crippen LogP contribution in [0.15, 0.2) is 0 Å². The molecule has 0 saturated carbocycles. The Morgan fingerprint density at radius 1 is 1.32 bits per heavy atom. The molecule has 0 aliphatic carbocycles. The van der Waals surface area contributed by atoms with E-state index in [9.17, 15) is 8.42 Å². The predicted molar refractivity (Wildman–Crippen MR) is 78.0 cm³/mol. The molecule has 0 aromatic heterocycles. The summed E-state index contributed by atoms with van der Waals surface area (Å²) in [5, 5.41) is -0.273. The van der Waals surface area contributed by atoms with Crippen molar-refractivity contribution in [2.24, 2.45) is 5.73 Å². The van der Waals surface area contributed by atoms with Gasteiger partial charge in [0.1, 0.15) is 0 Å². The van der Waals surface area contributed by atoms with Gasteiger partial charge in [-0.2, -0.15) is 0 Å². The molecular weight excluding hydrogens is 264 g/mol. The third-order valence-corrected chi connectivity index (χ3v) is 5.83. The second-order valence-electron chi connectivity index (χ2n) is 5.47. The number of likely N-dealkylation sites (tertiary alicyclic amines) is 1. The Kier molecular flexibility index (Phi) is 7.28. The van der Waals surface area contributed by atoms with Crippen LogP contribution >= 0.6 is 0 Å². The molecule has 0 atom stereocenters. The van der Waals surface area contributed by atoms with Gasteiger partial charge in [0.2, 0.25) is 0 Å². The van der Waals surface area contributed by atoms with Crippen molar-refractivity contribution in [2.45, 2.75) is 44.5 Å². The minimum Gasteiger partial charge on any atom is -0.378 e. The van der Waals surface area contributed by atoms with Crippen LogP contribution in [0.5, 0.6) is 0 Å². The molecule has 0 aromatic rings. The zero-order valence-corrected chi connectivity index (χ0v) is 13.0. The van der Waals surface area contributed by atoms with Gasteiger partial charge in [0.15, 0.2) is 9.84 Å². The van der Waals surface area contributed by atoms with Crippen molar-refractivity contribution in [3.8, 4) is 0 Å². The topological polar surface area (TPSA) is 72.6 Å². The number of hydrogen-bond donors (Lipinski definition) is 1. The van der Waals surface area contributed by atoms with E-state index in [0.29, 0.717) is 19.2 Å². The first-order valence-electron chi connectivity index (χ1n) is 7.21. The van der Waals surface area contributed by atoms with E-state index in [0.717, 1.165) is 39.0 Å². The number of piperidine rings is 1. The van der Waals surface area contributed by atoms with Gasteiger partial charge in [-0.3, -0.25) is 0 Å². The summed E-state index contributed by atoms with van der Waals surface area (Å²) in [5.41, 5.74) is 5.43. The fourth-order valence-corrected chi connectivity index (χ4v) is 3.11. The lowest BCUT2D eigenvalue weighted by molar-refractivity contribution is 0.00848. The molecule has 114 valence electrons. The van der Waals surface area contributed by atoms with Crippen molar-refractivity contribution in [1.82, 2.24) is 4.90 Å². The van der Waals surface area contributed by atoms with E-state index in [4.69, 9.17) is 10.5 Å². The molecule has 0 bridgehead atoms. The Hall–Kier alpha value is -0.170. The van der Waals surface area contributed by atoms with Gasteiger partial charge in [-0.1, -0.05) is 0 Å². The van der Waals surface area contributed by atoms with Crippen LogP contribution < -0.4 is 5.73 Å². The Morgan fingerprint density at radius 2 is 1.95 bits per heavy atom. The third kappa shape index (κ3) is 6.21. The van der Waals surface area contributed by atoms with E-state index >= 15 is 0 Å². The lowest BCUT2D eigenvalue weighted by Crippen LogP contribution is -2.40. The number of rotatable bonds is 8. The molecule has 1 aliphatic heterocycles. The summed E-state index contributed by atoms with van der Waals surface area (Å²) in [6, 6.07) is 0. The first kappa shape index (κ1) is 16.9. The molecule has 1 saturated heterocycles. The number of hydrogen-bond acceptors (Lipinski definition) is 5. The van der Waals surface area contributed by atoms with E-state index in [1.165, 1.54) is 0 Å². The van der Waals surface area contributed by atoms with Crippen molar-refractivity contribution in [3.63, 3.8) is 0 Å². The molecule has 0 aromatic carbocycles. The van der Waals surface area contributed by atoms with Gasteiger partial charge in [0.05, 0.1) is 17.1 Å². The van der Waals surface area contributed by atoms with Gasteiger partial charge >= 0.3 is 0 Å². The minimum absolute atomic E-state index is 0.267. The monoisotopic (exact) mass is 292 g/mol. The molecule has 1 rings (SSSR count). The molecule has 0 radical (unpaired) electrons. The van der Waals surface area contributed by atoms with Crippen LogP contribution in [-0.4, -0.2) is 63.2 Å². The molecule has 2 N–H and O–H groups in total. The Labute approximate surface area is 117 Å². The van der Waals surface area contributed by atoms with Crippen molar-refractivity contribution in [2.75, 3.05) is 38.5 Å². The average molecular weight is 292 g/mol. The molecular formula is C13H28N2O3S. The lowest BCUT2D eigenvalue weighted by Gasteiger charge is -2.31. The molecule has 0 amide bonds. The summed E-state index contributed by atoms with van der Waals surface area (Å²) in [6.45, 7) is 7.41. The highest BCUT2D eigenvalue weighted by Gasteiger charge is 2.22. The van der Waals surface area contributed by atoms with E-state index in [2.05, 4.69) is 4.90 Å². The SMILES string of the molecule is CC(C)S(=O)(=O)CCN1CCC(OCCCN)CC1. The highest BCUT2D eigenvalue weighted by Crippen LogP contribution is 2.14. The molecule has 0 unspecified atom stereocenters. The molecule has 5 nitrogen and oxygen atoms in total. The first-order valence-corrected chi connectivity index (χ1v) is 8.93. The van der Waals surface area contributed by atoms with Gasteiger partial charge in [-0.05, 0) is 39.7 Å². The Balaban J connectivity index is 2.20. The largest absolute Gasteiger partial charge is 0.378 e. The molecule has 0 spiro atoms. The second kappa shape index (κ2) is 8.19. The van der Waals surface area contributed by atoms with Gasteiger partial charge < -0.3 is 15.4 Å². The predicted octanol–water partition coefficient (Wildman–Crippen LogP) is 0.639. The van der Waals surface area contributed by atoms with Crippen molar-refractivity contribution >= 4 is 9.84 Å². The quantitative estimate of drug-likeness (QED) is 0.665. The van der Waals surface area contributed by atoms with E-state index in [-0.39, 0.29) is 11.0 Å². The highest BCUT2D eigenvalue weighted by molar-refractivity contribution is 7.92. The zero-order valence-electron chi connectivity index (χ0n) is 12.2. The molecule has 1 heterocycles. The van der Waals surface area contributed by atoms with Gasteiger partial charge in [0, 0.05) is 26.2 Å². The van der Waals surface area contributed by atoms with Crippen LogP contribution in [0.25, 0.3) is 0 Å². The van der Waals surface area contributed by atoms with E-state index in [1.807, 2.05) is 0 Å². The van der Waals surface area contributed by atoms with E-state index in [1.54, 1.807) is 13.8 Å².